The zero-order chi connectivity index (χ0) is 9.84. The molecule has 0 amide bonds. The Kier molecular flexibility index (Phi) is 3.74. The molecule has 68 valence electrons. The first-order chi connectivity index (χ1) is 6.15. The van der Waals surface area contributed by atoms with E-state index in [2.05, 4.69) is 34.2 Å². The minimum Gasteiger partial charge on any atom is -0.389 e. The molecule has 0 aliphatic heterocycles. The summed E-state index contributed by atoms with van der Waals surface area (Å²) in [5.74, 6) is 0. The molecule has 0 aromatic rings. The molecule has 0 atom stereocenters. The van der Waals surface area contributed by atoms with Gasteiger partial charge in [-0.3, -0.25) is 4.99 Å². The van der Waals surface area contributed by atoms with Gasteiger partial charge in [0.1, 0.15) is 5.16 Å². The molecular formula is C9H8ClIN2. The number of rotatable bonds is 1. The van der Waals surface area contributed by atoms with Gasteiger partial charge in [-0.25, -0.2) is 0 Å². The quantitative estimate of drug-likeness (QED) is 0.587. The van der Waals surface area contributed by atoms with E-state index < -0.39 is 0 Å². The number of aliphatic imine (C=N–C) groups is 1. The van der Waals surface area contributed by atoms with Crippen molar-refractivity contribution in [1.82, 2.24) is 0 Å². The van der Waals surface area contributed by atoms with Gasteiger partial charge in [0.05, 0.1) is 5.71 Å². The Morgan fingerprint density at radius 2 is 2.31 bits per heavy atom. The first-order valence-corrected chi connectivity index (χ1v) is 5.00. The Morgan fingerprint density at radius 3 is 2.85 bits per heavy atom. The van der Waals surface area contributed by atoms with Crippen molar-refractivity contribution >= 4 is 39.9 Å². The highest BCUT2D eigenvalue weighted by atomic mass is 127. The van der Waals surface area contributed by atoms with Crippen LogP contribution in [0.1, 0.15) is 0 Å². The molecule has 2 N–H and O–H groups in total. The van der Waals surface area contributed by atoms with E-state index in [1.165, 1.54) is 6.20 Å². The summed E-state index contributed by atoms with van der Waals surface area (Å²) in [4.78, 5) is 4.04. The molecule has 0 spiro atoms. The Hall–Kier alpha value is -0.550. The normalized spacial score (nSPS) is 22.9. The molecule has 1 aliphatic rings. The number of nitrogens with two attached hydrogens (primary N) is 1. The van der Waals surface area contributed by atoms with Gasteiger partial charge in [0, 0.05) is 15.4 Å². The number of allylic oxidation sites excluding steroid dienone is 5. The Bertz CT molecular complexity index is 347. The van der Waals surface area contributed by atoms with Gasteiger partial charge in [-0.05, 0) is 40.8 Å². The minimum absolute atomic E-state index is 0.249. The van der Waals surface area contributed by atoms with E-state index in [-0.39, 0.29) is 5.16 Å². The van der Waals surface area contributed by atoms with Gasteiger partial charge in [0.2, 0.25) is 0 Å². The van der Waals surface area contributed by atoms with Gasteiger partial charge < -0.3 is 5.73 Å². The monoisotopic (exact) mass is 306 g/mol. The second-order valence-corrected chi connectivity index (χ2v) is 3.97. The van der Waals surface area contributed by atoms with E-state index in [4.69, 9.17) is 17.3 Å². The highest BCUT2D eigenvalue weighted by Gasteiger charge is 2.09. The Labute approximate surface area is 95.7 Å². The Balaban J connectivity index is 3.17. The predicted octanol–water partition coefficient (Wildman–Crippen LogP) is 2.87. The lowest BCUT2D eigenvalue weighted by molar-refractivity contribution is 1.46. The van der Waals surface area contributed by atoms with Crippen molar-refractivity contribution in [3.05, 3.63) is 45.3 Å². The van der Waals surface area contributed by atoms with Crippen LogP contribution in [0.2, 0.25) is 0 Å². The van der Waals surface area contributed by atoms with Gasteiger partial charge in [-0.1, -0.05) is 18.2 Å². The van der Waals surface area contributed by atoms with Crippen LogP contribution in [0, 0.1) is 0 Å². The lowest BCUT2D eigenvalue weighted by Crippen LogP contribution is -2.06. The van der Waals surface area contributed by atoms with Crippen LogP contribution >= 0.6 is 34.2 Å². The third kappa shape index (κ3) is 2.70. The summed E-state index contributed by atoms with van der Waals surface area (Å²) in [6.07, 6.45) is 7.14. The van der Waals surface area contributed by atoms with Crippen molar-refractivity contribution in [3.8, 4) is 0 Å². The maximum absolute atomic E-state index is 5.71. The molecule has 0 radical (unpaired) electrons. The van der Waals surface area contributed by atoms with E-state index in [1.54, 1.807) is 0 Å². The van der Waals surface area contributed by atoms with Gasteiger partial charge in [0.25, 0.3) is 0 Å². The van der Waals surface area contributed by atoms with Crippen molar-refractivity contribution in [1.29, 1.82) is 0 Å². The van der Waals surface area contributed by atoms with E-state index in [0.29, 0.717) is 0 Å². The summed E-state index contributed by atoms with van der Waals surface area (Å²) in [6, 6.07) is 0. The lowest BCUT2D eigenvalue weighted by Gasteiger charge is -2.08. The molecule has 0 bridgehead atoms. The topological polar surface area (TPSA) is 38.4 Å². The smallest absolute Gasteiger partial charge is 0.109 e. The molecule has 0 fully saturated rings. The van der Waals surface area contributed by atoms with Crippen LogP contribution in [0.25, 0.3) is 0 Å². The summed E-state index contributed by atoms with van der Waals surface area (Å²) in [5.41, 5.74) is 6.98. The summed E-state index contributed by atoms with van der Waals surface area (Å²) < 4.78 is 1.07. The molecule has 0 aromatic heterocycles. The zero-order valence-corrected chi connectivity index (χ0v) is 9.71. The summed E-state index contributed by atoms with van der Waals surface area (Å²) >= 11 is 7.90. The zero-order valence-electron chi connectivity index (χ0n) is 6.80. The maximum atomic E-state index is 5.71. The molecule has 0 saturated heterocycles. The van der Waals surface area contributed by atoms with E-state index in [9.17, 15) is 0 Å². The van der Waals surface area contributed by atoms with E-state index in [1.807, 2.05) is 18.2 Å². The fourth-order valence-corrected chi connectivity index (χ4v) is 1.55. The van der Waals surface area contributed by atoms with Crippen LogP contribution in [0.15, 0.2) is 50.3 Å². The first kappa shape index (κ1) is 10.5. The maximum Gasteiger partial charge on any atom is 0.109 e. The van der Waals surface area contributed by atoms with Crippen molar-refractivity contribution in [2.45, 2.75) is 0 Å². The van der Waals surface area contributed by atoms with Crippen LogP contribution in [-0.2, 0) is 0 Å². The number of nitrogens with zero attached hydrogens (tertiary/aromatic N) is 1. The molecule has 0 saturated carbocycles. The summed E-state index contributed by atoms with van der Waals surface area (Å²) in [6.45, 7) is 3.52. The third-order valence-electron chi connectivity index (χ3n) is 1.45. The van der Waals surface area contributed by atoms with Crippen molar-refractivity contribution in [3.63, 3.8) is 0 Å². The molecule has 1 aliphatic carbocycles. The summed E-state index contributed by atoms with van der Waals surface area (Å²) in [5, 5.41) is 0.249. The third-order valence-corrected chi connectivity index (χ3v) is 2.32. The minimum atomic E-state index is 0.249. The van der Waals surface area contributed by atoms with E-state index in [0.717, 1.165) is 14.9 Å². The highest BCUT2D eigenvalue weighted by molar-refractivity contribution is 14.1. The molecule has 1 rings (SSSR count). The van der Waals surface area contributed by atoms with E-state index >= 15 is 0 Å². The molecule has 0 aromatic carbocycles. The second kappa shape index (κ2) is 4.62. The second-order valence-electron chi connectivity index (χ2n) is 2.32. The number of hydrogen-bond acceptors (Lipinski definition) is 2. The lowest BCUT2D eigenvalue weighted by atomic mass is 10.1. The molecule has 0 unspecified atom stereocenters. The highest BCUT2D eigenvalue weighted by Crippen LogP contribution is 2.21. The average Bonchev–Trinajstić information content (AvgIpc) is 2.08. The fraction of sp³-hybridized carbons (Fsp3) is 0. The van der Waals surface area contributed by atoms with Crippen molar-refractivity contribution in [2.75, 3.05) is 0 Å². The fourth-order valence-electron chi connectivity index (χ4n) is 0.910. The van der Waals surface area contributed by atoms with Crippen LogP contribution in [0.5, 0.6) is 0 Å². The first-order valence-electron chi connectivity index (χ1n) is 3.54. The standard InChI is InChI=1S/C9H8ClIN2/c1-2-13-8-4-3-6(11)5-7(8)9(10)12/h2-5H,1,12H2/b9-7-,13-8-. The van der Waals surface area contributed by atoms with Gasteiger partial charge in [0.15, 0.2) is 0 Å². The van der Waals surface area contributed by atoms with Gasteiger partial charge >= 0.3 is 0 Å². The SMILES string of the molecule is C=C/N=C1/C=CC(I)=C/C1=C(/N)Cl. The van der Waals surface area contributed by atoms with Crippen molar-refractivity contribution < 1.29 is 0 Å². The Morgan fingerprint density at radius 1 is 1.62 bits per heavy atom. The molecule has 4 heteroatoms. The van der Waals surface area contributed by atoms with Gasteiger partial charge in [-0.15, -0.1) is 0 Å². The molecule has 0 heterocycles. The molecular weight excluding hydrogens is 298 g/mol. The van der Waals surface area contributed by atoms with Crippen molar-refractivity contribution in [2.24, 2.45) is 10.7 Å². The van der Waals surface area contributed by atoms with Gasteiger partial charge in [-0.2, -0.15) is 0 Å². The number of halogens is 2. The predicted molar refractivity (Wildman–Crippen MR) is 65.9 cm³/mol. The average molecular weight is 307 g/mol. The number of hydrogen-bond donors (Lipinski definition) is 1. The van der Waals surface area contributed by atoms with Crippen LogP contribution in [-0.4, -0.2) is 5.71 Å². The largest absolute Gasteiger partial charge is 0.389 e. The van der Waals surface area contributed by atoms with Crippen LogP contribution < -0.4 is 5.73 Å². The molecule has 2 nitrogen and oxygen atoms in total. The van der Waals surface area contributed by atoms with Crippen LogP contribution in [0.4, 0.5) is 0 Å². The molecule has 13 heavy (non-hydrogen) atoms. The summed E-state index contributed by atoms with van der Waals surface area (Å²) in [7, 11) is 0. The van der Waals surface area contributed by atoms with Crippen LogP contribution in [0.3, 0.4) is 0 Å².